The largest absolute Gasteiger partial charge is 0.461 e. The number of carbonyl (C=O) groups is 2. The Balaban J connectivity index is 2.85. The maximum Gasteiger partial charge on any atom is 0.357 e. The van der Waals surface area contributed by atoms with Crippen molar-refractivity contribution >= 4 is 23.2 Å². The van der Waals surface area contributed by atoms with Gasteiger partial charge in [-0.3, -0.25) is 4.79 Å². The van der Waals surface area contributed by atoms with Gasteiger partial charge in [-0.2, -0.15) is 0 Å². The molecule has 0 radical (unpaired) electrons. The van der Waals surface area contributed by atoms with Gasteiger partial charge >= 0.3 is 5.97 Å². The molecule has 0 aliphatic heterocycles. The highest BCUT2D eigenvalue weighted by Gasteiger charge is 2.28. The van der Waals surface area contributed by atoms with Gasteiger partial charge in [-0.15, -0.1) is 11.3 Å². The summed E-state index contributed by atoms with van der Waals surface area (Å²) < 4.78 is 4.90. The van der Waals surface area contributed by atoms with Gasteiger partial charge in [0.15, 0.2) is 5.69 Å². The molecule has 1 aromatic rings. The molecule has 156 valence electrons. The van der Waals surface area contributed by atoms with E-state index in [0.717, 1.165) is 0 Å². The lowest BCUT2D eigenvalue weighted by Gasteiger charge is -2.27. The molecule has 1 aromatic heterocycles. The van der Waals surface area contributed by atoms with E-state index in [1.807, 2.05) is 27.7 Å². The Hall–Kier alpha value is -2.16. The molecular formula is C18H29N5O4S. The zero-order valence-electron chi connectivity index (χ0n) is 17.0. The van der Waals surface area contributed by atoms with Gasteiger partial charge in [0.25, 0.3) is 0 Å². The normalized spacial score (nSPS) is 15.2. The first-order chi connectivity index (χ1) is 13.2. The van der Waals surface area contributed by atoms with E-state index in [1.54, 1.807) is 12.3 Å². The van der Waals surface area contributed by atoms with Crippen molar-refractivity contribution in [2.24, 2.45) is 17.0 Å². The summed E-state index contributed by atoms with van der Waals surface area (Å²) in [7, 11) is 0. The van der Waals surface area contributed by atoms with E-state index in [2.05, 4.69) is 20.3 Å². The lowest BCUT2D eigenvalue weighted by molar-refractivity contribution is -0.124. The average Bonchev–Trinajstić information content (AvgIpc) is 3.15. The third-order valence-electron chi connectivity index (χ3n) is 4.53. The standard InChI is InChI=1S/C18H29N5O4S/c1-6-11(5)15(22-23-19)16(25)20-12(10(3)4)8-14(24)17-21-13(9-28-17)18(26)27-7-2/h9-12,14-15,24H,6-8H2,1-5H3,(H,20,25)/t11-,12+,14+,15?/m0/s1. The number of nitrogens with zero attached hydrogens (tertiary/aromatic N) is 4. The number of hydrogen-bond donors (Lipinski definition) is 2. The topological polar surface area (TPSA) is 137 Å². The van der Waals surface area contributed by atoms with Gasteiger partial charge in [-0.05, 0) is 24.3 Å². The molecule has 0 aliphatic carbocycles. The minimum Gasteiger partial charge on any atom is -0.461 e. The Morgan fingerprint density at radius 2 is 2.07 bits per heavy atom. The minimum absolute atomic E-state index is 0.0340. The van der Waals surface area contributed by atoms with E-state index in [0.29, 0.717) is 11.4 Å². The van der Waals surface area contributed by atoms with Crippen LogP contribution < -0.4 is 5.32 Å². The van der Waals surface area contributed by atoms with Crippen LogP contribution in [0.15, 0.2) is 10.5 Å². The van der Waals surface area contributed by atoms with Crippen LogP contribution in [0.2, 0.25) is 0 Å². The fourth-order valence-electron chi connectivity index (χ4n) is 2.55. The number of amides is 1. The van der Waals surface area contributed by atoms with E-state index in [1.165, 1.54) is 11.3 Å². The van der Waals surface area contributed by atoms with Gasteiger partial charge < -0.3 is 15.2 Å². The Labute approximate surface area is 169 Å². The maximum absolute atomic E-state index is 12.6. The fourth-order valence-corrected chi connectivity index (χ4v) is 3.34. The first-order valence-electron chi connectivity index (χ1n) is 9.40. The third kappa shape index (κ3) is 6.78. The summed E-state index contributed by atoms with van der Waals surface area (Å²) in [6.45, 7) is 9.58. The van der Waals surface area contributed by atoms with Crippen LogP contribution in [0.5, 0.6) is 0 Å². The molecule has 0 aliphatic rings. The number of aliphatic hydroxyl groups is 1. The summed E-state index contributed by atoms with van der Waals surface area (Å²) in [6.07, 6.45) is -0.0211. The van der Waals surface area contributed by atoms with Crippen molar-refractivity contribution in [3.63, 3.8) is 0 Å². The van der Waals surface area contributed by atoms with Crippen molar-refractivity contribution in [3.05, 3.63) is 26.5 Å². The zero-order valence-corrected chi connectivity index (χ0v) is 17.8. The van der Waals surface area contributed by atoms with Gasteiger partial charge in [0.2, 0.25) is 5.91 Å². The highest BCUT2D eigenvalue weighted by Crippen LogP contribution is 2.25. The number of aromatic nitrogens is 1. The summed E-state index contributed by atoms with van der Waals surface area (Å²) in [5.74, 6) is -0.951. The molecule has 0 saturated carbocycles. The number of esters is 1. The zero-order chi connectivity index (χ0) is 21.3. The number of ether oxygens (including phenoxy) is 1. The van der Waals surface area contributed by atoms with E-state index in [9.17, 15) is 14.7 Å². The van der Waals surface area contributed by atoms with Gasteiger partial charge in [-0.25, -0.2) is 9.78 Å². The summed E-state index contributed by atoms with van der Waals surface area (Å²) in [6, 6.07) is -1.15. The number of azide groups is 1. The predicted octanol–water partition coefficient (Wildman–Crippen LogP) is 3.61. The number of carbonyl (C=O) groups excluding carboxylic acids is 2. The van der Waals surface area contributed by atoms with E-state index in [4.69, 9.17) is 10.3 Å². The summed E-state index contributed by atoms with van der Waals surface area (Å²) in [4.78, 5) is 31.3. The molecule has 1 rings (SSSR count). The van der Waals surface area contributed by atoms with Crippen molar-refractivity contribution in [2.45, 2.75) is 65.6 Å². The fraction of sp³-hybridized carbons (Fsp3) is 0.722. The third-order valence-corrected chi connectivity index (χ3v) is 5.47. The van der Waals surface area contributed by atoms with E-state index >= 15 is 0 Å². The Kier molecular flexibility index (Phi) is 9.92. The molecule has 28 heavy (non-hydrogen) atoms. The number of nitrogens with one attached hydrogen (secondary N) is 1. The average molecular weight is 412 g/mol. The maximum atomic E-state index is 12.6. The molecule has 4 atom stereocenters. The first kappa shape index (κ1) is 23.9. The van der Waals surface area contributed by atoms with Gasteiger partial charge in [0.05, 0.1) is 6.61 Å². The van der Waals surface area contributed by atoms with Crippen LogP contribution in [0.1, 0.15) is 69.1 Å². The number of aliphatic hydroxyl groups excluding tert-OH is 1. The van der Waals surface area contributed by atoms with Crippen molar-refractivity contribution in [1.82, 2.24) is 10.3 Å². The van der Waals surface area contributed by atoms with Crippen LogP contribution in [0.3, 0.4) is 0 Å². The van der Waals surface area contributed by atoms with Crippen LogP contribution >= 0.6 is 11.3 Å². The summed E-state index contributed by atoms with van der Waals surface area (Å²) in [5.41, 5.74) is 8.90. The quantitative estimate of drug-likeness (QED) is 0.248. The monoisotopic (exact) mass is 411 g/mol. The second kappa shape index (κ2) is 11.6. The molecule has 0 spiro atoms. The number of hydrogen-bond acceptors (Lipinski definition) is 7. The van der Waals surface area contributed by atoms with Crippen LogP contribution in [0, 0.1) is 11.8 Å². The van der Waals surface area contributed by atoms with Gasteiger partial charge in [0, 0.05) is 22.8 Å². The molecule has 9 nitrogen and oxygen atoms in total. The van der Waals surface area contributed by atoms with Crippen LogP contribution in [0.4, 0.5) is 0 Å². The molecule has 10 heteroatoms. The minimum atomic E-state index is -0.942. The van der Waals surface area contributed by atoms with Gasteiger partial charge in [-0.1, -0.05) is 39.2 Å². The molecule has 0 saturated heterocycles. The van der Waals surface area contributed by atoms with E-state index < -0.39 is 18.1 Å². The van der Waals surface area contributed by atoms with Gasteiger partial charge in [0.1, 0.15) is 17.2 Å². The highest BCUT2D eigenvalue weighted by molar-refractivity contribution is 7.09. The Morgan fingerprint density at radius 1 is 1.39 bits per heavy atom. The molecule has 1 heterocycles. The molecule has 1 amide bonds. The molecule has 0 bridgehead atoms. The van der Waals surface area contributed by atoms with Crippen molar-refractivity contribution in [1.29, 1.82) is 0 Å². The lowest BCUT2D eigenvalue weighted by Crippen LogP contribution is -2.45. The number of thiazole rings is 1. The second-order valence-electron chi connectivity index (χ2n) is 6.94. The molecular weight excluding hydrogens is 382 g/mol. The molecule has 1 unspecified atom stereocenters. The lowest BCUT2D eigenvalue weighted by atomic mass is 9.95. The molecule has 0 aromatic carbocycles. The smallest absolute Gasteiger partial charge is 0.357 e. The SMILES string of the molecule is CCOC(=O)c1csc([C@H](O)C[C@@H](NC(=O)C(N=[N+]=[N-])[C@@H](C)CC)C(C)C)n1. The van der Waals surface area contributed by atoms with Crippen LogP contribution in [0.25, 0.3) is 10.4 Å². The molecule has 0 fully saturated rings. The predicted molar refractivity (Wildman–Crippen MR) is 107 cm³/mol. The van der Waals surface area contributed by atoms with Crippen LogP contribution in [-0.4, -0.2) is 40.7 Å². The Bertz CT molecular complexity index is 702. The van der Waals surface area contributed by atoms with Crippen molar-refractivity contribution in [3.8, 4) is 0 Å². The first-order valence-corrected chi connectivity index (χ1v) is 10.3. The second-order valence-corrected chi connectivity index (χ2v) is 7.83. The van der Waals surface area contributed by atoms with E-state index in [-0.39, 0.29) is 42.5 Å². The Morgan fingerprint density at radius 3 is 2.61 bits per heavy atom. The highest BCUT2D eigenvalue weighted by atomic mass is 32.1. The summed E-state index contributed by atoms with van der Waals surface area (Å²) in [5, 5.41) is 19.0. The molecule has 2 N–H and O–H groups in total. The summed E-state index contributed by atoms with van der Waals surface area (Å²) >= 11 is 1.17. The van der Waals surface area contributed by atoms with Crippen LogP contribution in [-0.2, 0) is 9.53 Å². The number of rotatable bonds is 11. The van der Waals surface area contributed by atoms with Crippen molar-refractivity contribution in [2.75, 3.05) is 6.61 Å². The van der Waals surface area contributed by atoms with Crippen molar-refractivity contribution < 1.29 is 19.4 Å².